The molecule has 0 aliphatic carbocycles. The summed E-state index contributed by atoms with van der Waals surface area (Å²) in [6, 6.07) is 8.55. The lowest BCUT2D eigenvalue weighted by molar-refractivity contribution is -0.128. The highest BCUT2D eigenvalue weighted by Crippen LogP contribution is 2.25. The van der Waals surface area contributed by atoms with Crippen LogP contribution in [-0.2, 0) is 14.8 Å². The van der Waals surface area contributed by atoms with Crippen LogP contribution >= 0.6 is 11.6 Å². The lowest BCUT2D eigenvalue weighted by atomic mass is 10.2. The molecule has 2 N–H and O–H groups in total. The number of nitrogens with one attached hydrogen (secondary N) is 2. The first-order chi connectivity index (χ1) is 13.1. The standard InChI is InChI=1S/C18H19ClFN3O4S/c1-23(2)17(24)9-10-21-18(25)12-3-8-15(19)16(11-12)28(26,27)22-14-6-4-13(20)5-7-14/h3-8,11,22H,9-10H2,1-2H3,(H,21,25). The maximum absolute atomic E-state index is 13.0. The van der Waals surface area contributed by atoms with E-state index in [2.05, 4.69) is 10.0 Å². The Kier molecular flexibility index (Phi) is 6.98. The summed E-state index contributed by atoms with van der Waals surface area (Å²) in [6.07, 6.45) is 0.115. The zero-order chi connectivity index (χ0) is 20.9. The number of carbonyl (C=O) groups excluding carboxylic acids is 2. The van der Waals surface area contributed by atoms with E-state index in [4.69, 9.17) is 11.6 Å². The van der Waals surface area contributed by atoms with Gasteiger partial charge >= 0.3 is 0 Å². The molecule has 10 heteroatoms. The summed E-state index contributed by atoms with van der Waals surface area (Å²) < 4.78 is 40.4. The van der Waals surface area contributed by atoms with Crippen molar-refractivity contribution in [3.8, 4) is 0 Å². The van der Waals surface area contributed by atoms with Gasteiger partial charge in [0.1, 0.15) is 10.7 Å². The molecule has 2 rings (SSSR count). The lowest BCUT2D eigenvalue weighted by Crippen LogP contribution is -2.30. The zero-order valence-electron chi connectivity index (χ0n) is 15.2. The molecule has 0 aliphatic heterocycles. The Balaban J connectivity index is 2.16. The number of anilines is 1. The number of halogens is 2. The molecule has 0 radical (unpaired) electrons. The Morgan fingerprint density at radius 3 is 2.36 bits per heavy atom. The number of nitrogens with zero attached hydrogens (tertiary/aromatic N) is 1. The van der Waals surface area contributed by atoms with E-state index in [1.807, 2.05) is 0 Å². The van der Waals surface area contributed by atoms with Gasteiger partial charge in [0.2, 0.25) is 5.91 Å². The second-order valence-corrected chi connectivity index (χ2v) is 8.11. The zero-order valence-corrected chi connectivity index (χ0v) is 16.8. The maximum atomic E-state index is 13.0. The SMILES string of the molecule is CN(C)C(=O)CCNC(=O)c1ccc(Cl)c(S(=O)(=O)Nc2ccc(F)cc2)c1. The van der Waals surface area contributed by atoms with Crippen molar-refractivity contribution < 1.29 is 22.4 Å². The summed E-state index contributed by atoms with van der Waals surface area (Å²) in [4.78, 5) is 24.9. The van der Waals surface area contributed by atoms with E-state index in [1.54, 1.807) is 14.1 Å². The number of hydrogen-bond acceptors (Lipinski definition) is 4. The molecule has 0 fully saturated rings. The van der Waals surface area contributed by atoms with Crippen molar-refractivity contribution >= 4 is 39.1 Å². The number of hydrogen-bond donors (Lipinski definition) is 2. The Morgan fingerprint density at radius 1 is 1.11 bits per heavy atom. The third-order valence-electron chi connectivity index (χ3n) is 3.70. The molecule has 2 aromatic carbocycles. The second kappa shape index (κ2) is 9.03. The molecule has 2 aromatic rings. The Bertz CT molecular complexity index is 979. The average Bonchev–Trinajstić information content (AvgIpc) is 2.63. The van der Waals surface area contributed by atoms with Gasteiger partial charge in [-0.05, 0) is 42.5 Å². The van der Waals surface area contributed by atoms with Crippen molar-refractivity contribution in [1.29, 1.82) is 0 Å². The number of carbonyl (C=O) groups is 2. The van der Waals surface area contributed by atoms with Crippen molar-refractivity contribution in [3.05, 3.63) is 58.9 Å². The highest BCUT2D eigenvalue weighted by molar-refractivity contribution is 7.92. The van der Waals surface area contributed by atoms with Crippen molar-refractivity contribution in [1.82, 2.24) is 10.2 Å². The minimum atomic E-state index is -4.10. The van der Waals surface area contributed by atoms with E-state index in [0.717, 1.165) is 18.2 Å². The Labute approximate surface area is 167 Å². The molecule has 0 bridgehead atoms. The first-order valence-electron chi connectivity index (χ1n) is 8.16. The van der Waals surface area contributed by atoms with Gasteiger partial charge in [-0.25, -0.2) is 12.8 Å². The molecular formula is C18H19ClFN3O4S. The van der Waals surface area contributed by atoms with Gasteiger partial charge in [-0.2, -0.15) is 0 Å². The lowest BCUT2D eigenvalue weighted by Gasteiger charge is -2.12. The van der Waals surface area contributed by atoms with Gasteiger partial charge in [0, 0.05) is 38.3 Å². The van der Waals surface area contributed by atoms with Crippen LogP contribution in [0.3, 0.4) is 0 Å². The van der Waals surface area contributed by atoms with Gasteiger partial charge in [0.05, 0.1) is 5.02 Å². The topological polar surface area (TPSA) is 95.6 Å². The van der Waals surface area contributed by atoms with Crippen molar-refractivity contribution in [2.45, 2.75) is 11.3 Å². The third kappa shape index (κ3) is 5.67. The molecule has 0 atom stereocenters. The minimum absolute atomic E-state index is 0.0705. The van der Waals surface area contributed by atoms with Gasteiger partial charge < -0.3 is 10.2 Å². The molecule has 0 heterocycles. The summed E-state index contributed by atoms with van der Waals surface area (Å²) in [6.45, 7) is 0.106. The predicted octanol–water partition coefficient (Wildman–Crippen LogP) is 2.49. The molecule has 0 aliphatic rings. The van der Waals surface area contributed by atoms with Crippen LogP contribution in [0.2, 0.25) is 5.02 Å². The molecule has 0 aromatic heterocycles. The van der Waals surface area contributed by atoms with Crippen LogP contribution < -0.4 is 10.0 Å². The second-order valence-electron chi connectivity index (χ2n) is 6.05. The van der Waals surface area contributed by atoms with Crippen LogP contribution in [0.4, 0.5) is 10.1 Å². The third-order valence-corrected chi connectivity index (χ3v) is 5.57. The highest BCUT2D eigenvalue weighted by atomic mass is 35.5. The fourth-order valence-corrected chi connectivity index (χ4v) is 3.77. The molecule has 28 heavy (non-hydrogen) atoms. The Morgan fingerprint density at radius 2 is 1.75 bits per heavy atom. The van der Waals surface area contributed by atoms with Crippen molar-refractivity contribution in [2.24, 2.45) is 0 Å². The average molecular weight is 428 g/mol. The van der Waals surface area contributed by atoms with Crippen LogP contribution in [0.5, 0.6) is 0 Å². The predicted molar refractivity (Wildman–Crippen MR) is 104 cm³/mol. The number of sulfonamides is 1. The van der Waals surface area contributed by atoms with Gasteiger partial charge in [-0.1, -0.05) is 11.6 Å². The molecular weight excluding hydrogens is 409 g/mol. The first-order valence-corrected chi connectivity index (χ1v) is 10.0. The van der Waals surface area contributed by atoms with E-state index < -0.39 is 21.7 Å². The number of amides is 2. The molecule has 7 nitrogen and oxygen atoms in total. The molecule has 0 unspecified atom stereocenters. The smallest absolute Gasteiger partial charge is 0.263 e. The summed E-state index contributed by atoms with van der Waals surface area (Å²) in [5.74, 6) is -1.20. The van der Waals surface area contributed by atoms with Crippen LogP contribution in [0.15, 0.2) is 47.4 Å². The van der Waals surface area contributed by atoms with Crippen molar-refractivity contribution in [3.63, 3.8) is 0 Å². The maximum Gasteiger partial charge on any atom is 0.263 e. The van der Waals surface area contributed by atoms with Gasteiger partial charge in [0.15, 0.2) is 0 Å². The number of benzene rings is 2. The summed E-state index contributed by atoms with van der Waals surface area (Å²) in [5, 5.41) is 2.48. The van der Waals surface area contributed by atoms with Crippen molar-refractivity contribution in [2.75, 3.05) is 25.4 Å². The van der Waals surface area contributed by atoms with E-state index in [0.29, 0.717) is 0 Å². The van der Waals surface area contributed by atoms with Crippen LogP contribution in [0, 0.1) is 5.82 Å². The fraction of sp³-hybridized carbons (Fsp3) is 0.222. The normalized spacial score (nSPS) is 11.0. The van der Waals surface area contributed by atoms with E-state index in [1.165, 1.54) is 29.2 Å². The van der Waals surface area contributed by atoms with E-state index in [-0.39, 0.29) is 40.0 Å². The highest BCUT2D eigenvalue weighted by Gasteiger charge is 2.20. The molecule has 0 spiro atoms. The number of rotatable bonds is 7. The molecule has 2 amide bonds. The Hall–Kier alpha value is -2.65. The molecule has 0 saturated heterocycles. The monoisotopic (exact) mass is 427 g/mol. The van der Waals surface area contributed by atoms with Gasteiger partial charge in [-0.15, -0.1) is 0 Å². The van der Waals surface area contributed by atoms with E-state index in [9.17, 15) is 22.4 Å². The summed E-state index contributed by atoms with van der Waals surface area (Å²) in [5.41, 5.74) is 0.218. The minimum Gasteiger partial charge on any atom is -0.352 e. The van der Waals surface area contributed by atoms with Crippen LogP contribution in [0.1, 0.15) is 16.8 Å². The first kappa shape index (κ1) is 21.6. The fourth-order valence-electron chi connectivity index (χ4n) is 2.19. The molecule has 0 saturated carbocycles. The van der Waals surface area contributed by atoms with Crippen LogP contribution in [-0.4, -0.2) is 45.8 Å². The van der Waals surface area contributed by atoms with Gasteiger partial charge in [-0.3, -0.25) is 14.3 Å². The largest absolute Gasteiger partial charge is 0.352 e. The van der Waals surface area contributed by atoms with E-state index >= 15 is 0 Å². The summed E-state index contributed by atoms with van der Waals surface area (Å²) >= 11 is 6.00. The quantitative estimate of drug-likeness (QED) is 0.709. The summed E-state index contributed by atoms with van der Waals surface area (Å²) in [7, 11) is -0.892. The van der Waals surface area contributed by atoms with Gasteiger partial charge in [0.25, 0.3) is 15.9 Å². The van der Waals surface area contributed by atoms with Crippen LogP contribution in [0.25, 0.3) is 0 Å². The molecule has 150 valence electrons.